The highest BCUT2D eigenvalue weighted by molar-refractivity contribution is 5.79. The smallest absolute Gasteiger partial charge is 0.153 e. The molecule has 0 unspecified atom stereocenters. The molecule has 20 heavy (non-hydrogen) atoms. The molecule has 5 heteroatoms. The van der Waals surface area contributed by atoms with Gasteiger partial charge in [0.05, 0.1) is 18.2 Å². The van der Waals surface area contributed by atoms with Crippen LogP contribution in [0, 0.1) is 0 Å². The largest absolute Gasteiger partial charge is 0.508 e. The second-order valence-electron chi connectivity index (χ2n) is 3.72. The van der Waals surface area contributed by atoms with Crippen LogP contribution in [0.3, 0.4) is 0 Å². The lowest BCUT2D eigenvalue weighted by molar-refractivity contribution is 0.111. The lowest BCUT2D eigenvalue weighted by atomic mass is 10.2. The fraction of sp³-hybridized carbons (Fsp3) is 0.0667. The summed E-state index contributed by atoms with van der Waals surface area (Å²) in [5.41, 5.74) is 0.766. The van der Waals surface area contributed by atoms with Crippen LogP contribution in [-0.4, -0.2) is 29.9 Å². The van der Waals surface area contributed by atoms with Crippen molar-refractivity contribution >= 4 is 12.6 Å². The van der Waals surface area contributed by atoms with Crippen LogP contribution in [0.25, 0.3) is 0 Å². The Labute approximate surface area is 116 Å². The zero-order valence-electron chi connectivity index (χ0n) is 10.8. The number of para-hydroxylation sites is 1. The maximum Gasteiger partial charge on any atom is 0.153 e. The zero-order valence-corrected chi connectivity index (χ0v) is 10.8. The van der Waals surface area contributed by atoms with Crippen LogP contribution in [0.5, 0.6) is 17.2 Å². The number of benzene rings is 2. The molecular weight excluding hydrogens is 260 g/mol. The number of methoxy groups -OCH3 is 1. The highest BCUT2D eigenvalue weighted by Crippen LogP contribution is 2.20. The monoisotopic (exact) mass is 274 g/mol. The molecule has 0 fully saturated rings. The van der Waals surface area contributed by atoms with Crippen LogP contribution in [0.4, 0.5) is 0 Å². The minimum atomic E-state index is -0.199. The van der Waals surface area contributed by atoms with Crippen LogP contribution < -0.4 is 4.74 Å². The van der Waals surface area contributed by atoms with Crippen molar-refractivity contribution in [2.24, 2.45) is 0 Å². The lowest BCUT2D eigenvalue weighted by Gasteiger charge is -1.99. The van der Waals surface area contributed by atoms with Crippen molar-refractivity contribution in [1.29, 1.82) is 0 Å². The topological polar surface area (TPSA) is 83.8 Å². The number of hydrogen-bond donors (Lipinski definition) is 2. The minimum absolute atomic E-state index is 0.0527. The normalized spacial score (nSPS) is 9.05. The van der Waals surface area contributed by atoms with Gasteiger partial charge in [0.2, 0.25) is 0 Å². The number of phenolic OH excluding ortho intramolecular Hbond substituents is 2. The molecule has 5 nitrogen and oxygen atoms in total. The van der Waals surface area contributed by atoms with Gasteiger partial charge in [-0.2, -0.15) is 0 Å². The minimum Gasteiger partial charge on any atom is -0.508 e. The molecule has 0 bridgehead atoms. The van der Waals surface area contributed by atoms with Gasteiger partial charge in [0, 0.05) is 6.07 Å². The van der Waals surface area contributed by atoms with Gasteiger partial charge in [-0.1, -0.05) is 12.1 Å². The third-order valence-corrected chi connectivity index (χ3v) is 2.41. The molecule has 0 saturated heterocycles. The van der Waals surface area contributed by atoms with E-state index in [0.717, 1.165) is 12.4 Å². The van der Waals surface area contributed by atoms with Crippen LogP contribution in [0.2, 0.25) is 0 Å². The van der Waals surface area contributed by atoms with Gasteiger partial charge in [-0.15, -0.1) is 0 Å². The first-order valence-electron chi connectivity index (χ1n) is 5.67. The van der Waals surface area contributed by atoms with Gasteiger partial charge in [-0.3, -0.25) is 9.59 Å². The SMILES string of the molecule is COc1ccccc1C=O.O=Cc1ccc(O)cc1O. The van der Waals surface area contributed by atoms with Crippen molar-refractivity contribution < 1.29 is 24.5 Å². The second kappa shape index (κ2) is 7.58. The number of carbonyl (C=O) groups is 2. The van der Waals surface area contributed by atoms with Gasteiger partial charge in [0.1, 0.15) is 17.2 Å². The fourth-order valence-electron chi connectivity index (χ4n) is 1.40. The number of ether oxygens (including phenoxy) is 1. The van der Waals surface area contributed by atoms with E-state index in [9.17, 15) is 9.59 Å². The predicted octanol–water partition coefficient (Wildman–Crippen LogP) is 2.42. The molecule has 0 amide bonds. The summed E-state index contributed by atoms with van der Waals surface area (Å²) >= 11 is 0. The molecule has 0 saturated carbocycles. The molecule has 0 aliphatic carbocycles. The molecule has 104 valence electrons. The molecule has 2 rings (SSSR count). The van der Waals surface area contributed by atoms with Gasteiger partial charge in [0.25, 0.3) is 0 Å². The second-order valence-corrected chi connectivity index (χ2v) is 3.72. The van der Waals surface area contributed by atoms with Crippen LogP contribution in [0.1, 0.15) is 20.7 Å². The molecule has 2 aromatic rings. The molecule has 0 aliphatic rings. The van der Waals surface area contributed by atoms with Crippen molar-refractivity contribution in [2.75, 3.05) is 7.11 Å². The molecule has 0 aliphatic heterocycles. The average molecular weight is 274 g/mol. The third kappa shape index (κ3) is 4.13. The number of hydrogen-bond acceptors (Lipinski definition) is 5. The first kappa shape index (κ1) is 15.2. The van der Waals surface area contributed by atoms with Crippen molar-refractivity contribution in [3.63, 3.8) is 0 Å². The highest BCUT2D eigenvalue weighted by Gasteiger charge is 1.98. The quantitative estimate of drug-likeness (QED) is 0.840. The van der Waals surface area contributed by atoms with E-state index in [0.29, 0.717) is 17.6 Å². The molecule has 2 aromatic carbocycles. The Balaban J connectivity index is 0.000000200. The van der Waals surface area contributed by atoms with E-state index in [1.54, 1.807) is 25.3 Å². The Bertz CT molecular complexity index is 593. The molecule has 0 aromatic heterocycles. The molecule has 0 heterocycles. The van der Waals surface area contributed by atoms with Gasteiger partial charge in [0.15, 0.2) is 12.6 Å². The van der Waals surface area contributed by atoms with Crippen molar-refractivity contribution in [2.45, 2.75) is 0 Å². The Hall–Kier alpha value is -2.82. The predicted molar refractivity (Wildman–Crippen MR) is 73.5 cm³/mol. The number of phenols is 2. The lowest BCUT2D eigenvalue weighted by Crippen LogP contribution is -1.88. The van der Waals surface area contributed by atoms with Gasteiger partial charge in [-0.05, 0) is 24.3 Å². The average Bonchev–Trinajstić information content (AvgIpc) is 2.48. The standard InChI is InChI=1S/C8H8O2.C7H6O3/c1-10-8-5-3-2-4-7(8)6-9;8-4-5-1-2-6(9)3-7(5)10/h2-6H,1H3;1-4,9-10H. The summed E-state index contributed by atoms with van der Waals surface area (Å²) < 4.78 is 4.90. The van der Waals surface area contributed by atoms with Crippen LogP contribution in [0.15, 0.2) is 42.5 Å². The number of carbonyl (C=O) groups excluding carboxylic acids is 2. The zero-order chi connectivity index (χ0) is 15.0. The van der Waals surface area contributed by atoms with Crippen LogP contribution in [-0.2, 0) is 0 Å². The van der Waals surface area contributed by atoms with E-state index in [4.69, 9.17) is 14.9 Å². The van der Waals surface area contributed by atoms with E-state index < -0.39 is 0 Å². The molecule has 2 N–H and O–H groups in total. The molecular formula is C15H14O5. The molecule has 0 atom stereocenters. The van der Waals surface area contributed by atoms with E-state index >= 15 is 0 Å². The van der Waals surface area contributed by atoms with E-state index in [1.165, 1.54) is 12.1 Å². The Morgan fingerprint density at radius 2 is 1.60 bits per heavy atom. The Morgan fingerprint density at radius 3 is 2.10 bits per heavy atom. The van der Waals surface area contributed by atoms with Gasteiger partial charge < -0.3 is 14.9 Å². The van der Waals surface area contributed by atoms with Crippen molar-refractivity contribution in [1.82, 2.24) is 0 Å². The molecule has 0 spiro atoms. The van der Waals surface area contributed by atoms with Crippen LogP contribution >= 0.6 is 0 Å². The third-order valence-electron chi connectivity index (χ3n) is 2.41. The first-order valence-corrected chi connectivity index (χ1v) is 5.67. The summed E-state index contributed by atoms with van der Waals surface area (Å²) in [6.07, 6.45) is 1.30. The van der Waals surface area contributed by atoms with E-state index in [1.807, 2.05) is 6.07 Å². The van der Waals surface area contributed by atoms with Gasteiger partial charge in [-0.25, -0.2) is 0 Å². The van der Waals surface area contributed by atoms with Gasteiger partial charge >= 0.3 is 0 Å². The van der Waals surface area contributed by atoms with Crippen molar-refractivity contribution in [3.8, 4) is 17.2 Å². The Morgan fingerprint density at radius 1 is 0.950 bits per heavy atom. The summed E-state index contributed by atoms with van der Waals surface area (Å²) in [7, 11) is 1.54. The molecule has 0 radical (unpaired) electrons. The summed E-state index contributed by atoms with van der Waals surface area (Å²) in [5.74, 6) is 0.371. The van der Waals surface area contributed by atoms with E-state index in [2.05, 4.69) is 0 Å². The summed E-state index contributed by atoms with van der Waals surface area (Å²) in [4.78, 5) is 20.4. The van der Waals surface area contributed by atoms with E-state index in [-0.39, 0.29) is 17.1 Å². The summed E-state index contributed by atoms with van der Waals surface area (Å²) in [6.45, 7) is 0. The maximum atomic E-state index is 10.3. The summed E-state index contributed by atoms with van der Waals surface area (Å²) in [6, 6.07) is 10.9. The number of aromatic hydroxyl groups is 2. The summed E-state index contributed by atoms with van der Waals surface area (Å²) in [5, 5.41) is 17.7. The first-order chi connectivity index (χ1) is 9.62. The number of aldehydes is 2. The fourth-order valence-corrected chi connectivity index (χ4v) is 1.40. The van der Waals surface area contributed by atoms with Crippen molar-refractivity contribution in [3.05, 3.63) is 53.6 Å². The Kier molecular flexibility index (Phi) is 5.77. The number of rotatable bonds is 3. The highest BCUT2D eigenvalue weighted by atomic mass is 16.5. The maximum absolute atomic E-state index is 10.3.